The third-order valence-electron chi connectivity index (χ3n) is 5.51. The first-order valence-corrected chi connectivity index (χ1v) is 9.25. The van der Waals surface area contributed by atoms with Crippen LogP contribution in [0.15, 0.2) is 23.0 Å². The molecule has 4 nitrogen and oxygen atoms in total. The minimum Gasteiger partial charge on any atom is -0.379 e. The number of hydrogen-bond donors (Lipinski definition) is 1. The van der Waals surface area contributed by atoms with E-state index in [9.17, 15) is 0 Å². The van der Waals surface area contributed by atoms with E-state index in [0.717, 1.165) is 39.4 Å². The van der Waals surface area contributed by atoms with Crippen LogP contribution in [0.2, 0.25) is 0 Å². The Kier molecular flexibility index (Phi) is 6.69. The summed E-state index contributed by atoms with van der Waals surface area (Å²) in [7, 11) is 0. The molecule has 0 radical (unpaired) electrons. The van der Waals surface area contributed by atoms with Gasteiger partial charge in [0.25, 0.3) is 0 Å². The van der Waals surface area contributed by atoms with Crippen LogP contribution in [0.1, 0.15) is 41.5 Å². The van der Waals surface area contributed by atoms with E-state index >= 15 is 0 Å². The minimum atomic E-state index is 0.430. The monoisotopic (exact) mass is 321 g/mol. The van der Waals surface area contributed by atoms with Crippen molar-refractivity contribution in [3.05, 3.63) is 23.0 Å². The van der Waals surface area contributed by atoms with Crippen molar-refractivity contribution in [2.45, 2.75) is 53.6 Å². The Hall–Kier alpha value is -0.840. The molecule has 2 heterocycles. The second-order valence-electron chi connectivity index (χ2n) is 6.81. The van der Waals surface area contributed by atoms with Gasteiger partial charge < -0.3 is 15.0 Å². The van der Waals surface area contributed by atoms with Gasteiger partial charge in [-0.15, -0.1) is 0 Å². The highest BCUT2D eigenvalue weighted by Gasteiger charge is 2.31. The van der Waals surface area contributed by atoms with E-state index < -0.39 is 0 Å². The zero-order valence-electron chi connectivity index (χ0n) is 15.9. The summed E-state index contributed by atoms with van der Waals surface area (Å²) < 4.78 is 5.52. The van der Waals surface area contributed by atoms with Gasteiger partial charge in [-0.25, -0.2) is 0 Å². The maximum atomic E-state index is 5.52. The molecule has 2 aliphatic heterocycles. The van der Waals surface area contributed by atoms with E-state index in [1.165, 1.54) is 16.8 Å². The first kappa shape index (κ1) is 18.5. The number of morpholine rings is 1. The van der Waals surface area contributed by atoms with Gasteiger partial charge in [0.15, 0.2) is 0 Å². The van der Waals surface area contributed by atoms with E-state index in [2.05, 4.69) is 62.9 Å². The van der Waals surface area contributed by atoms with E-state index in [1.54, 1.807) is 0 Å². The molecular formula is C19H35N3O. The molecule has 1 N–H and O–H groups in total. The maximum absolute atomic E-state index is 5.52. The standard InChI is InChI=1S/C19H35N3O/c1-7-20-16(5)18-13-21(8-2)19(15(4)14(18)3)17(6)22-9-11-23-12-10-22/h13-14,16-17,20H,7-12H2,1-6H3/t14?,16-,17?/m1/s1. The van der Waals surface area contributed by atoms with Crippen molar-refractivity contribution in [2.24, 2.45) is 5.92 Å². The predicted octanol–water partition coefficient (Wildman–Crippen LogP) is 2.83. The summed E-state index contributed by atoms with van der Waals surface area (Å²) in [6, 6.07) is 0.882. The molecule has 0 aromatic carbocycles. The molecule has 0 saturated carbocycles. The molecule has 1 fully saturated rings. The predicted molar refractivity (Wildman–Crippen MR) is 97.3 cm³/mol. The average molecular weight is 322 g/mol. The molecule has 2 aliphatic rings. The summed E-state index contributed by atoms with van der Waals surface area (Å²) in [6.07, 6.45) is 2.40. The van der Waals surface area contributed by atoms with Gasteiger partial charge in [0, 0.05) is 49.5 Å². The van der Waals surface area contributed by atoms with Gasteiger partial charge in [-0.2, -0.15) is 0 Å². The van der Waals surface area contributed by atoms with Gasteiger partial charge in [-0.1, -0.05) is 13.8 Å². The number of rotatable bonds is 6. The lowest BCUT2D eigenvalue weighted by atomic mass is 9.84. The van der Waals surface area contributed by atoms with Gasteiger partial charge in [0.1, 0.15) is 0 Å². The highest BCUT2D eigenvalue weighted by atomic mass is 16.5. The third kappa shape index (κ3) is 3.98. The summed E-state index contributed by atoms with van der Waals surface area (Å²) in [4.78, 5) is 5.03. The van der Waals surface area contributed by atoms with Crippen molar-refractivity contribution >= 4 is 0 Å². The molecule has 1 saturated heterocycles. The zero-order chi connectivity index (χ0) is 17.0. The normalized spacial score (nSPS) is 26.3. The zero-order valence-corrected chi connectivity index (χ0v) is 15.9. The quantitative estimate of drug-likeness (QED) is 0.814. The highest BCUT2D eigenvalue weighted by Crippen LogP contribution is 2.34. The van der Waals surface area contributed by atoms with Gasteiger partial charge in [-0.3, -0.25) is 4.90 Å². The van der Waals surface area contributed by atoms with Crippen LogP contribution in [0.25, 0.3) is 0 Å². The van der Waals surface area contributed by atoms with E-state index in [-0.39, 0.29) is 0 Å². The number of nitrogens with one attached hydrogen (secondary N) is 1. The molecule has 4 heteroatoms. The van der Waals surface area contributed by atoms with Crippen LogP contribution < -0.4 is 5.32 Å². The van der Waals surface area contributed by atoms with Gasteiger partial charge in [0.05, 0.1) is 13.2 Å². The van der Waals surface area contributed by atoms with Crippen LogP contribution in [-0.2, 0) is 4.74 Å². The SMILES string of the molecule is CCN[C@H](C)C1=CN(CC)C(C(C)N2CCOCC2)=C(C)C1C. The Morgan fingerprint density at radius 2 is 1.91 bits per heavy atom. The second-order valence-corrected chi connectivity index (χ2v) is 6.81. The molecule has 2 unspecified atom stereocenters. The molecule has 132 valence electrons. The van der Waals surface area contributed by atoms with Crippen LogP contribution in [0.5, 0.6) is 0 Å². The number of hydrogen-bond acceptors (Lipinski definition) is 4. The minimum absolute atomic E-state index is 0.430. The van der Waals surface area contributed by atoms with E-state index in [1.807, 2.05) is 0 Å². The van der Waals surface area contributed by atoms with E-state index in [0.29, 0.717) is 18.0 Å². The lowest BCUT2D eigenvalue weighted by Gasteiger charge is -2.42. The van der Waals surface area contributed by atoms with Crippen LogP contribution in [0.3, 0.4) is 0 Å². The van der Waals surface area contributed by atoms with Crippen molar-refractivity contribution in [1.29, 1.82) is 0 Å². The van der Waals surface area contributed by atoms with Crippen molar-refractivity contribution in [2.75, 3.05) is 39.4 Å². The van der Waals surface area contributed by atoms with Gasteiger partial charge in [0.2, 0.25) is 0 Å². The van der Waals surface area contributed by atoms with Crippen LogP contribution in [-0.4, -0.2) is 61.3 Å². The smallest absolute Gasteiger partial charge is 0.0594 e. The Balaban J connectivity index is 2.24. The number of ether oxygens (including phenoxy) is 1. The van der Waals surface area contributed by atoms with Crippen LogP contribution in [0.4, 0.5) is 0 Å². The fourth-order valence-electron chi connectivity index (χ4n) is 3.94. The first-order chi connectivity index (χ1) is 11.0. The van der Waals surface area contributed by atoms with Crippen molar-refractivity contribution in [3.63, 3.8) is 0 Å². The molecule has 0 aromatic rings. The number of likely N-dealkylation sites (N-methyl/N-ethyl adjacent to an activating group) is 2. The molecule has 0 aliphatic carbocycles. The number of nitrogens with zero attached hydrogens (tertiary/aromatic N) is 2. The first-order valence-electron chi connectivity index (χ1n) is 9.25. The largest absolute Gasteiger partial charge is 0.379 e. The maximum Gasteiger partial charge on any atom is 0.0594 e. The summed E-state index contributed by atoms with van der Waals surface area (Å²) >= 11 is 0. The van der Waals surface area contributed by atoms with Crippen molar-refractivity contribution < 1.29 is 4.74 Å². The third-order valence-corrected chi connectivity index (χ3v) is 5.51. The van der Waals surface area contributed by atoms with Crippen LogP contribution in [0, 0.1) is 5.92 Å². The van der Waals surface area contributed by atoms with Gasteiger partial charge in [-0.05, 0) is 45.4 Å². The molecule has 0 bridgehead atoms. The molecule has 2 rings (SSSR count). The van der Waals surface area contributed by atoms with Crippen molar-refractivity contribution in [3.8, 4) is 0 Å². The van der Waals surface area contributed by atoms with E-state index in [4.69, 9.17) is 4.74 Å². The Bertz CT molecular complexity index is 452. The van der Waals surface area contributed by atoms with Crippen molar-refractivity contribution in [1.82, 2.24) is 15.1 Å². The summed E-state index contributed by atoms with van der Waals surface area (Å²) in [6.45, 7) is 19.6. The number of allylic oxidation sites excluding steroid dienone is 1. The summed E-state index contributed by atoms with van der Waals surface area (Å²) in [5.41, 5.74) is 4.52. The van der Waals surface area contributed by atoms with Crippen LogP contribution >= 0.6 is 0 Å². The Morgan fingerprint density at radius 3 is 2.48 bits per heavy atom. The summed E-state index contributed by atoms with van der Waals surface area (Å²) in [5.74, 6) is 0.505. The molecule has 3 atom stereocenters. The lowest BCUT2D eigenvalue weighted by molar-refractivity contribution is 0.0225. The fourth-order valence-corrected chi connectivity index (χ4v) is 3.94. The Labute approximate surface area is 142 Å². The topological polar surface area (TPSA) is 27.7 Å². The molecule has 23 heavy (non-hydrogen) atoms. The highest BCUT2D eigenvalue weighted by molar-refractivity contribution is 5.34. The molecule has 0 spiro atoms. The fraction of sp³-hybridized carbons (Fsp3) is 0.789. The lowest BCUT2D eigenvalue weighted by Crippen LogP contribution is -2.47. The average Bonchev–Trinajstić information content (AvgIpc) is 2.57. The molecule has 0 amide bonds. The summed E-state index contributed by atoms with van der Waals surface area (Å²) in [5, 5.41) is 3.57. The van der Waals surface area contributed by atoms with Gasteiger partial charge >= 0.3 is 0 Å². The second kappa shape index (κ2) is 8.32. The molecular weight excluding hydrogens is 286 g/mol. The Morgan fingerprint density at radius 1 is 1.26 bits per heavy atom. The molecule has 0 aromatic heterocycles.